The molecule has 2 aromatic rings. The number of hydrogen-bond donors (Lipinski definition) is 1. The quantitative estimate of drug-likeness (QED) is 0.904. The van der Waals surface area contributed by atoms with Gasteiger partial charge in [-0.05, 0) is 25.5 Å². The van der Waals surface area contributed by atoms with E-state index in [9.17, 15) is 0 Å². The second-order valence-electron chi connectivity index (χ2n) is 5.51. The number of nitrogens with one attached hydrogen (secondary N) is 1. The SMILES string of the molecule is Cc1ccc(N(C)c2nc(CNC(C)C)co2)c(C)c1. The van der Waals surface area contributed by atoms with Crippen molar-refractivity contribution in [1.82, 2.24) is 10.3 Å². The van der Waals surface area contributed by atoms with Crippen LogP contribution in [0.3, 0.4) is 0 Å². The highest BCUT2D eigenvalue weighted by Gasteiger charge is 2.13. The first kappa shape index (κ1) is 14.6. The summed E-state index contributed by atoms with van der Waals surface area (Å²) in [5.74, 6) is 0. The van der Waals surface area contributed by atoms with Crippen LogP contribution in [-0.2, 0) is 6.54 Å². The van der Waals surface area contributed by atoms with Gasteiger partial charge in [-0.2, -0.15) is 4.98 Å². The Labute approximate surface area is 120 Å². The minimum atomic E-state index is 0.437. The zero-order chi connectivity index (χ0) is 14.7. The van der Waals surface area contributed by atoms with E-state index in [0.29, 0.717) is 12.1 Å². The van der Waals surface area contributed by atoms with Gasteiger partial charge in [-0.25, -0.2) is 0 Å². The standard InChI is InChI=1S/C16H23N3O/c1-11(2)17-9-14-10-20-16(18-14)19(5)15-7-6-12(3)8-13(15)4/h6-8,10-11,17H,9H2,1-5H3. The second kappa shape index (κ2) is 6.09. The van der Waals surface area contributed by atoms with E-state index in [2.05, 4.69) is 56.2 Å². The molecule has 0 aliphatic heterocycles. The number of oxazole rings is 1. The molecule has 0 spiro atoms. The summed E-state index contributed by atoms with van der Waals surface area (Å²) in [5, 5.41) is 3.33. The molecule has 0 aliphatic carbocycles. The Balaban J connectivity index is 2.14. The predicted molar refractivity (Wildman–Crippen MR) is 82.5 cm³/mol. The van der Waals surface area contributed by atoms with E-state index in [1.54, 1.807) is 6.26 Å². The summed E-state index contributed by atoms with van der Waals surface area (Å²) in [6.45, 7) is 9.15. The summed E-state index contributed by atoms with van der Waals surface area (Å²) in [7, 11) is 1.98. The van der Waals surface area contributed by atoms with Gasteiger partial charge in [-0.15, -0.1) is 0 Å². The molecule has 0 aliphatic rings. The first-order valence-corrected chi connectivity index (χ1v) is 6.96. The molecule has 4 heteroatoms. The fourth-order valence-electron chi connectivity index (χ4n) is 2.12. The van der Waals surface area contributed by atoms with E-state index < -0.39 is 0 Å². The lowest BCUT2D eigenvalue weighted by molar-refractivity contribution is 0.552. The van der Waals surface area contributed by atoms with Crippen molar-refractivity contribution in [2.24, 2.45) is 0 Å². The third-order valence-electron chi connectivity index (χ3n) is 3.23. The molecule has 0 fully saturated rings. The maximum absolute atomic E-state index is 5.57. The molecule has 1 aromatic heterocycles. The van der Waals surface area contributed by atoms with Gasteiger partial charge in [-0.1, -0.05) is 31.5 Å². The van der Waals surface area contributed by atoms with E-state index in [-0.39, 0.29) is 0 Å². The van der Waals surface area contributed by atoms with Crippen LogP contribution in [0.15, 0.2) is 28.9 Å². The number of anilines is 2. The summed E-state index contributed by atoms with van der Waals surface area (Å²) in [4.78, 5) is 6.50. The number of nitrogens with zero attached hydrogens (tertiary/aromatic N) is 2. The number of aryl methyl sites for hydroxylation is 2. The number of benzene rings is 1. The van der Waals surface area contributed by atoms with Crippen molar-refractivity contribution in [1.29, 1.82) is 0 Å². The predicted octanol–water partition coefficient (Wildman–Crippen LogP) is 3.56. The van der Waals surface area contributed by atoms with Crippen LogP contribution < -0.4 is 10.2 Å². The van der Waals surface area contributed by atoms with Gasteiger partial charge >= 0.3 is 6.01 Å². The lowest BCUT2D eigenvalue weighted by Crippen LogP contribution is -2.22. The normalized spacial score (nSPS) is 11.1. The Morgan fingerprint density at radius 3 is 2.70 bits per heavy atom. The molecule has 4 nitrogen and oxygen atoms in total. The van der Waals surface area contributed by atoms with Crippen LogP contribution in [0.4, 0.5) is 11.7 Å². The average molecular weight is 273 g/mol. The lowest BCUT2D eigenvalue weighted by Gasteiger charge is -2.17. The van der Waals surface area contributed by atoms with Crippen molar-refractivity contribution in [2.75, 3.05) is 11.9 Å². The van der Waals surface area contributed by atoms with Gasteiger partial charge in [0, 0.05) is 25.3 Å². The second-order valence-corrected chi connectivity index (χ2v) is 5.51. The minimum absolute atomic E-state index is 0.437. The fourth-order valence-corrected chi connectivity index (χ4v) is 2.12. The molecule has 0 atom stereocenters. The molecule has 0 radical (unpaired) electrons. The zero-order valence-electron chi connectivity index (χ0n) is 12.9. The van der Waals surface area contributed by atoms with Crippen LogP contribution in [0.25, 0.3) is 0 Å². The van der Waals surface area contributed by atoms with Crippen LogP contribution in [0.5, 0.6) is 0 Å². The summed E-state index contributed by atoms with van der Waals surface area (Å²) in [6.07, 6.45) is 1.71. The zero-order valence-corrected chi connectivity index (χ0v) is 12.9. The molecular weight excluding hydrogens is 250 g/mol. The third-order valence-corrected chi connectivity index (χ3v) is 3.23. The molecule has 1 N–H and O–H groups in total. The number of rotatable bonds is 5. The summed E-state index contributed by atoms with van der Waals surface area (Å²) in [5.41, 5.74) is 4.51. The topological polar surface area (TPSA) is 41.3 Å². The number of aromatic nitrogens is 1. The van der Waals surface area contributed by atoms with E-state index in [0.717, 1.165) is 17.9 Å². The van der Waals surface area contributed by atoms with Crippen molar-refractivity contribution < 1.29 is 4.42 Å². The Hall–Kier alpha value is -1.81. The highest BCUT2D eigenvalue weighted by atomic mass is 16.4. The monoisotopic (exact) mass is 273 g/mol. The van der Waals surface area contributed by atoms with Gasteiger partial charge in [0.25, 0.3) is 0 Å². The molecule has 1 heterocycles. The summed E-state index contributed by atoms with van der Waals surface area (Å²) in [6, 6.07) is 7.42. The molecule has 0 unspecified atom stereocenters. The molecule has 2 rings (SSSR count). The Bertz CT molecular complexity index is 575. The van der Waals surface area contributed by atoms with E-state index in [4.69, 9.17) is 4.42 Å². The van der Waals surface area contributed by atoms with Crippen LogP contribution >= 0.6 is 0 Å². The Morgan fingerprint density at radius 1 is 1.30 bits per heavy atom. The van der Waals surface area contributed by atoms with Gasteiger partial charge in [0.1, 0.15) is 6.26 Å². The molecule has 0 saturated heterocycles. The number of hydrogen-bond acceptors (Lipinski definition) is 4. The van der Waals surface area contributed by atoms with Gasteiger partial charge in [0.2, 0.25) is 0 Å². The molecule has 20 heavy (non-hydrogen) atoms. The maximum atomic E-state index is 5.57. The van der Waals surface area contributed by atoms with Crippen molar-refractivity contribution >= 4 is 11.7 Å². The van der Waals surface area contributed by atoms with Crippen molar-refractivity contribution in [2.45, 2.75) is 40.3 Å². The maximum Gasteiger partial charge on any atom is 0.301 e. The van der Waals surface area contributed by atoms with Crippen molar-refractivity contribution in [3.05, 3.63) is 41.3 Å². The summed E-state index contributed by atoms with van der Waals surface area (Å²) < 4.78 is 5.57. The molecule has 108 valence electrons. The largest absolute Gasteiger partial charge is 0.431 e. The highest BCUT2D eigenvalue weighted by Crippen LogP contribution is 2.26. The Kier molecular flexibility index (Phi) is 4.45. The lowest BCUT2D eigenvalue weighted by atomic mass is 10.1. The first-order chi connectivity index (χ1) is 9.47. The smallest absolute Gasteiger partial charge is 0.301 e. The van der Waals surface area contributed by atoms with E-state index >= 15 is 0 Å². The van der Waals surface area contributed by atoms with Crippen LogP contribution in [0, 0.1) is 13.8 Å². The first-order valence-electron chi connectivity index (χ1n) is 6.96. The molecular formula is C16H23N3O. The summed E-state index contributed by atoms with van der Waals surface area (Å²) >= 11 is 0. The van der Waals surface area contributed by atoms with Crippen molar-refractivity contribution in [3.8, 4) is 0 Å². The van der Waals surface area contributed by atoms with E-state index in [1.165, 1.54) is 11.1 Å². The van der Waals surface area contributed by atoms with Crippen molar-refractivity contribution in [3.63, 3.8) is 0 Å². The molecule has 1 aromatic carbocycles. The van der Waals surface area contributed by atoms with Gasteiger partial charge < -0.3 is 9.73 Å². The van der Waals surface area contributed by atoms with Gasteiger partial charge in [-0.3, -0.25) is 4.90 Å². The Morgan fingerprint density at radius 2 is 2.05 bits per heavy atom. The average Bonchev–Trinajstić information content (AvgIpc) is 2.84. The van der Waals surface area contributed by atoms with Gasteiger partial charge in [0.15, 0.2) is 0 Å². The molecule has 0 saturated carbocycles. The van der Waals surface area contributed by atoms with Crippen LogP contribution in [0.2, 0.25) is 0 Å². The third kappa shape index (κ3) is 3.39. The van der Waals surface area contributed by atoms with E-state index in [1.807, 2.05) is 11.9 Å². The van der Waals surface area contributed by atoms with Gasteiger partial charge in [0.05, 0.1) is 5.69 Å². The fraction of sp³-hybridized carbons (Fsp3) is 0.438. The van der Waals surface area contributed by atoms with Crippen LogP contribution in [-0.4, -0.2) is 18.1 Å². The molecule has 0 amide bonds. The highest BCUT2D eigenvalue weighted by molar-refractivity contribution is 5.60. The van der Waals surface area contributed by atoms with Crippen LogP contribution in [0.1, 0.15) is 30.7 Å². The minimum Gasteiger partial charge on any atom is -0.431 e. The molecule has 0 bridgehead atoms.